The lowest BCUT2D eigenvalue weighted by Crippen LogP contribution is -2.37. The first kappa shape index (κ1) is 14.5. The molecular formula is C14H23N3O. The van der Waals surface area contributed by atoms with Crippen LogP contribution in [0.3, 0.4) is 0 Å². The first-order chi connectivity index (χ1) is 8.58. The summed E-state index contributed by atoms with van der Waals surface area (Å²) in [6.07, 6.45) is 1.02. The minimum Gasteiger partial charge on any atom is -0.399 e. The lowest BCUT2D eigenvalue weighted by atomic mass is 10.1. The molecule has 0 aliphatic rings. The molecule has 0 bridgehead atoms. The molecule has 0 aliphatic carbocycles. The van der Waals surface area contributed by atoms with E-state index in [2.05, 4.69) is 24.1 Å². The Balaban J connectivity index is 2.81. The largest absolute Gasteiger partial charge is 0.399 e. The number of nitrogens with two attached hydrogens (primary N) is 1. The second-order valence-electron chi connectivity index (χ2n) is 4.49. The normalized spacial score (nSPS) is 12.4. The molecule has 0 heterocycles. The summed E-state index contributed by atoms with van der Waals surface area (Å²) in [6, 6.07) is 8.03. The molecule has 0 radical (unpaired) electrons. The Bertz CT molecular complexity index is 392. The summed E-state index contributed by atoms with van der Waals surface area (Å²) in [6.45, 7) is 5.53. The van der Waals surface area contributed by atoms with Crippen molar-refractivity contribution in [3.05, 3.63) is 29.8 Å². The number of hydrogen-bond acceptors (Lipinski definition) is 3. The van der Waals surface area contributed by atoms with Crippen LogP contribution in [0.4, 0.5) is 5.69 Å². The van der Waals surface area contributed by atoms with Gasteiger partial charge in [-0.1, -0.05) is 19.1 Å². The highest BCUT2D eigenvalue weighted by molar-refractivity contribution is 5.77. The van der Waals surface area contributed by atoms with Crippen molar-refractivity contribution < 1.29 is 4.79 Å². The average molecular weight is 249 g/mol. The first-order valence-corrected chi connectivity index (χ1v) is 6.38. The van der Waals surface area contributed by atoms with Crippen molar-refractivity contribution in [2.24, 2.45) is 0 Å². The van der Waals surface area contributed by atoms with Gasteiger partial charge in [0.05, 0.1) is 6.54 Å². The number of carbonyl (C=O) groups excluding carboxylic acids is 1. The molecule has 1 unspecified atom stereocenters. The minimum atomic E-state index is 0.0409. The number of nitrogen functional groups attached to an aromatic ring is 1. The number of amides is 1. The number of rotatable bonds is 6. The van der Waals surface area contributed by atoms with E-state index in [1.165, 1.54) is 0 Å². The predicted molar refractivity (Wildman–Crippen MR) is 75.2 cm³/mol. The molecule has 0 saturated heterocycles. The zero-order chi connectivity index (χ0) is 13.5. The van der Waals surface area contributed by atoms with Gasteiger partial charge in [0.15, 0.2) is 0 Å². The molecule has 1 amide bonds. The van der Waals surface area contributed by atoms with Crippen molar-refractivity contribution in [2.45, 2.75) is 26.3 Å². The molecule has 1 rings (SSSR count). The third-order valence-electron chi connectivity index (χ3n) is 3.08. The van der Waals surface area contributed by atoms with E-state index in [9.17, 15) is 4.79 Å². The van der Waals surface area contributed by atoms with Crippen LogP contribution in [0.1, 0.15) is 31.9 Å². The third-order valence-corrected chi connectivity index (χ3v) is 3.08. The topological polar surface area (TPSA) is 58.4 Å². The quantitative estimate of drug-likeness (QED) is 0.756. The molecule has 18 heavy (non-hydrogen) atoms. The SMILES string of the molecule is CCCN(CC(=O)NC)C(C)c1cccc(N)c1. The summed E-state index contributed by atoms with van der Waals surface area (Å²) in [4.78, 5) is 13.7. The van der Waals surface area contributed by atoms with E-state index in [1.807, 2.05) is 24.3 Å². The highest BCUT2D eigenvalue weighted by atomic mass is 16.1. The molecule has 0 aromatic heterocycles. The number of likely N-dealkylation sites (N-methyl/N-ethyl adjacent to an activating group) is 1. The van der Waals surface area contributed by atoms with Crippen LogP contribution >= 0.6 is 0 Å². The Morgan fingerprint density at radius 2 is 2.22 bits per heavy atom. The molecule has 0 saturated carbocycles. The van der Waals surface area contributed by atoms with Crippen LogP contribution in [-0.2, 0) is 4.79 Å². The zero-order valence-corrected chi connectivity index (χ0v) is 11.4. The van der Waals surface area contributed by atoms with Crippen LogP contribution in [0, 0.1) is 0 Å². The van der Waals surface area contributed by atoms with E-state index >= 15 is 0 Å². The summed E-state index contributed by atoms with van der Waals surface area (Å²) < 4.78 is 0. The summed E-state index contributed by atoms with van der Waals surface area (Å²) in [5, 5.41) is 2.67. The van der Waals surface area contributed by atoms with Crippen molar-refractivity contribution in [3.63, 3.8) is 0 Å². The van der Waals surface area contributed by atoms with Gasteiger partial charge in [0.25, 0.3) is 0 Å². The van der Waals surface area contributed by atoms with E-state index in [-0.39, 0.29) is 11.9 Å². The highest BCUT2D eigenvalue weighted by Gasteiger charge is 2.17. The van der Waals surface area contributed by atoms with Crippen LogP contribution in [0.5, 0.6) is 0 Å². The van der Waals surface area contributed by atoms with Crippen LogP contribution in [-0.4, -0.2) is 30.9 Å². The standard InChI is InChI=1S/C14H23N3O/c1-4-8-17(10-14(18)16-3)11(2)12-6-5-7-13(15)9-12/h5-7,9,11H,4,8,10,15H2,1-3H3,(H,16,18). The molecule has 1 atom stereocenters. The second-order valence-corrected chi connectivity index (χ2v) is 4.49. The van der Waals surface area contributed by atoms with Gasteiger partial charge in [-0.3, -0.25) is 9.69 Å². The molecule has 4 nitrogen and oxygen atoms in total. The molecule has 1 aromatic carbocycles. The van der Waals surface area contributed by atoms with Gasteiger partial charge in [-0.05, 0) is 37.6 Å². The van der Waals surface area contributed by atoms with Crippen LogP contribution < -0.4 is 11.1 Å². The summed E-state index contributed by atoms with van der Waals surface area (Å²) in [5.41, 5.74) is 7.71. The number of nitrogens with zero attached hydrogens (tertiary/aromatic N) is 1. The third kappa shape index (κ3) is 4.04. The molecular weight excluding hydrogens is 226 g/mol. The smallest absolute Gasteiger partial charge is 0.233 e. The monoisotopic (exact) mass is 249 g/mol. The Hall–Kier alpha value is -1.55. The Morgan fingerprint density at radius 1 is 1.50 bits per heavy atom. The van der Waals surface area contributed by atoms with Crippen molar-refractivity contribution in [3.8, 4) is 0 Å². The van der Waals surface area contributed by atoms with Gasteiger partial charge in [0, 0.05) is 18.8 Å². The molecule has 3 N–H and O–H groups in total. The summed E-state index contributed by atoms with van der Waals surface area (Å²) in [5.74, 6) is 0.0409. The van der Waals surface area contributed by atoms with E-state index in [0.717, 1.165) is 24.2 Å². The summed E-state index contributed by atoms with van der Waals surface area (Å²) in [7, 11) is 1.66. The van der Waals surface area contributed by atoms with Crippen molar-refractivity contribution >= 4 is 11.6 Å². The molecule has 0 fully saturated rings. The highest BCUT2D eigenvalue weighted by Crippen LogP contribution is 2.21. The second kappa shape index (κ2) is 7.01. The van der Waals surface area contributed by atoms with Gasteiger partial charge < -0.3 is 11.1 Å². The zero-order valence-electron chi connectivity index (χ0n) is 11.4. The number of nitrogens with one attached hydrogen (secondary N) is 1. The molecule has 0 aliphatic heterocycles. The lowest BCUT2D eigenvalue weighted by molar-refractivity contribution is -0.122. The number of benzene rings is 1. The average Bonchev–Trinajstić information content (AvgIpc) is 2.37. The summed E-state index contributed by atoms with van der Waals surface area (Å²) >= 11 is 0. The van der Waals surface area contributed by atoms with Gasteiger partial charge >= 0.3 is 0 Å². The van der Waals surface area contributed by atoms with E-state index in [0.29, 0.717) is 6.54 Å². The Morgan fingerprint density at radius 3 is 2.78 bits per heavy atom. The number of hydrogen-bond donors (Lipinski definition) is 2. The van der Waals surface area contributed by atoms with Gasteiger partial charge in [-0.15, -0.1) is 0 Å². The van der Waals surface area contributed by atoms with E-state index in [4.69, 9.17) is 5.73 Å². The Kier molecular flexibility index (Phi) is 5.65. The van der Waals surface area contributed by atoms with E-state index in [1.54, 1.807) is 7.05 Å². The predicted octanol–water partition coefficient (Wildman–Crippen LogP) is 1.79. The fraction of sp³-hybridized carbons (Fsp3) is 0.500. The van der Waals surface area contributed by atoms with Gasteiger partial charge in [-0.25, -0.2) is 0 Å². The minimum absolute atomic E-state index is 0.0409. The van der Waals surface area contributed by atoms with Crippen molar-refractivity contribution in [1.82, 2.24) is 10.2 Å². The van der Waals surface area contributed by atoms with Crippen molar-refractivity contribution in [1.29, 1.82) is 0 Å². The van der Waals surface area contributed by atoms with Crippen LogP contribution in [0.25, 0.3) is 0 Å². The van der Waals surface area contributed by atoms with Crippen molar-refractivity contribution in [2.75, 3.05) is 25.9 Å². The number of anilines is 1. The maximum absolute atomic E-state index is 11.5. The molecule has 0 spiro atoms. The fourth-order valence-electron chi connectivity index (χ4n) is 1.99. The van der Waals surface area contributed by atoms with Gasteiger partial charge in [0.1, 0.15) is 0 Å². The maximum Gasteiger partial charge on any atom is 0.233 e. The Labute approximate surface area is 109 Å². The van der Waals surface area contributed by atoms with Crippen LogP contribution in [0.15, 0.2) is 24.3 Å². The maximum atomic E-state index is 11.5. The fourth-order valence-corrected chi connectivity index (χ4v) is 1.99. The molecule has 1 aromatic rings. The van der Waals surface area contributed by atoms with Crippen LogP contribution in [0.2, 0.25) is 0 Å². The lowest BCUT2D eigenvalue weighted by Gasteiger charge is -2.28. The molecule has 4 heteroatoms. The van der Waals surface area contributed by atoms with Gasteiger partial charge in [0.2, 0.25) is 5.91 Å². The molecule has 100 valence electrons. The van der Waals surface area contributed by atoms with E-state index < -0.39 is 0 Å². The first-order valence-electron chi connectivity index (χ1n) is 6.38. The number of carbonyl (C=O) groups is 1. The van der Waals surface area contributed by atoms with Gasteiger partial charge in [-0.2, -0.15) is 0 Å².